The molecule has 0 aromatic heterocycles. The molecule has 2 aliphatic rings. The molecule has 9 nitrogen and oxygen atoms in total. The molecule has 1 saturated heterocycles. The van der Waals surface area contributed by atoms with Crippen molar-refractivity contribution in [3.63, 3.8) is 0 Å². The second kappa shape index (κ2) is 15.2. The van der Waals surface area contributed by atoms with Crippen LogP contribution in [0, 0.1) is 11.8 Å². The number of anilines is 2. The summed E-state index contributed by atoms with van der Waals surface area (Å²) >= 11 is 3.49. The minimum absolute atomic E-state index is 0.0233. The number of aliphatic hydroxyl groups is 2. The van der Waals surface area contributed by atoms with Crippen LogP contribution in [0.4, 0.5) is 11.4 Å². The molecule has 0 bridgehead atoms. The summed E-state index contributed by atoms with van der Waals surface area (Å²) in [6.07, 6.45) is 5.27. The number of hydrogen-bond donors (Lipinski definition) is 4. The summed E-state index contributed by atoms with van der Waals surface area (Å²) in [4.78, 5) is 43.1. The number of nitrogens with one attached hydrogen (secondary N) is 2. The normalized spacial score (nSPS) is 20.0. The van der Waals surface area contributed by atoms with E-state index in [1.807, 2.05) is 66.7 Å². The number of piperidine rings is 1. The fourth-order valence-electron chi connectivity index (χ4n) is 6.18. The standard InChI is InChI=1S/C36H41BrN4O5/c1-25(8-5-14-33(43)40(18-19-42)23-26-9-3-2-4-10-26)36(46)31-21-29(37)15-16-32(31)41(35(36)45)24-27-11-6-13-30(20-27)39-34(44)28-12-7-17-38-22-28/h2-6,8-11,13,15-16,20-21,25,28,38,42,46H,7,12,14,17-19,22-24H2,1H3,(H,39,44)/b8-5+/t25-,28?,36+/m0/s1. The lowest BCUT2D eigenvalue weighted by Crippen LogP contribution is -2.44. The average molecular weight is 690 g/mol. The number of halogens is 1. The predicted octanol–water partition coefficient (Wildman–Crippen LogP) is 4.73. The van der Waals surface area contributed by atoms with Gasteiger partial charge >= 0.3 is 0 Å². The lowest BCUT2D eigenvalue weighted by molar-refractivity contribution is -0.139. The van der Waals surface area contributed by atoms with Crippen LogP contribution in [0.1, 0.15) is 42.9 Å². The maximum absolute atomic E-state index is 14.1. The number of aliphatic hydroxyl groups excluding tert-OH is 1. The molecule has 46 heavy (non-hydrogen) atoms. The number of rotatable bonds is 12. The quantitative estimate of drug-likeness (QED) is 0.204. The molecule has 2 heterocycles. The highest BCUT2D eigenvalue weighted by molar-refractivity contribution is 9.10. The van der Waals surface area contributed by atoms with Crippen molar-refractivity contribution in [2.75, 3.05) is 36.5 Å². The van der Waals surface area contributed by atoms with Crippen LogP contribution in [0.5, 0.6) is 0 Å². The summed E-state index contributed by atoms with van der Waals surface area (Å²) in [6.45, 7) is 3.99. The van der Waals surface area contributed by atoms with E-state index >= 15 is 0 Å². The summed E-state index contributed by atoms with van der Waals surface area (Å²) in [7, 11) is 0. The van der Waals surface area contributed by atoms with Crippen molar-refractivity contribution in [2.45, 2.75) is 44.9 Å². The maximum Gasteiger partial charge on any atom is 0.264 e. The summed E-state index contributed by atoms with van der Waals surface area (Å²) in [5.74, 6) is -1.38. The zero-order chi connectivity index (χ0) is 32.7. The third-order valence-corrected chi connectivity index (χ3v) is 9.24. The highest BCUT2D eigenvalue weighted by atomic mass is 79.9. The molecule has 0 radical (unpaired) electrons. The number of carbonyl (C=O) groups excluding carboxylic acids is 3. The van der Waals surface area contributed by atoms with Crippen LogP contribution >= 0.6 is 15.9 Å². The van der Waals surface area contributed by atoms with Gasteiger partial charge in [0.15, 0.2) is 5.60 Å². The topological polar surface area (TPSA) is 122 Å². The Morgan fingerprint density at radius 2 is 1.91 bits per heavy atom. The van der Waals surface area contributed by atoms with Gasteiger partial charge in [0.25, 0.3) is 5.91 Å². The van der Waals surface area contributed by atoms with Gasteiger partial charge in [-0.05, 0) is 60.8 Å². The van der Waals surface area contributed by atoms with E-state index < -0.39 is 17.4 Å². The molecular weight excluding hydrogens is 648 g/mol. The molecule has 0 aliphatic carbocycles. The Labute approximate surface area is 278 Å². The first-order chi connectivity index (χ1) is 22.2. The highest BCUT2D eigenvalue weighted by Gasteiger charge is 2.52. The number of carbonyl (C=O) groups is 3. The van der Waals surface area contributed by atoms with Crippen molar-refractivity contribution in [1.82, 2.24) is 10.2 Å². The lowest BCUT2D eigenvalue weighted by atomic mass is 9.83. The lowest BCUT2D eigenvalue weighted by Gasteiger charge is -2.28. The highest BCUT2D eigenvalue weighted by Crippen LogP contribution is 2.46. The molecular formula is C36H41BrN4O5. The molecule has 242 valence electrons. The monoisotopic (exact) mass is 688 g/mol. The number of fused-ring (bicyclic) bond motifs is 1. The molecule has 3 aromatic rings. The van der Waals surface area contributed by atoms with Gasteiger partial charge in [0.2, 0.25) is 11.8 Å². The second-order valence-corrected chi connectivity index (χ2v) is 12.9. The van der Waals surface area contributed by atoms with E-state index in [1.165, 1.54) is 0 Å². The number of amides is 3. The minimum atomic E-state index is -1.85. The average Bonchev–Trinajstić information content (AvgIpc) is 3.27. The smallest absolute Gasteiger partial charge is 0.264 e. The van der Waals surface area contributed by atoms with Gasteiger partial charge in [0.1, 0.15) is 0 Å². The Bertz CT molecular complexity index is 1580. The van der Waals surface area contributed by atoms with Crippen molar-refractivity contribution >= 4 is 45.0 Å². The Kier molecular flexibility index (Phi) is 11.1. The Morgan fingerprint density at radius 1 is 1.13 bits per heavy atom. The van der Waals surface area contributed by atoms with Gasteiger partial charge < -0.3 is 30.6 Å². The van der Waals surface area contributed by atoms with E-state index in [2.05, 4.69) is 26.6 Å². The molecule has 3 atom stereocenters. The molecule has 0 spiro atoms. The second-order valence-electron chi connectivity index (χ2n) is 12.0. The maximum atomic E-state index is 14.1. The Hall–Kier alpha value is -3.83. The third kappa shape index (κ3) is 7.58. The fourth-order valence-corrected chi connectivity index (χ4v) is 6.55. The van der Waals surface area contributed by atoms with E-state index in [4.69, 9.17) is 0 Å². The zero-order valence-corrected chi connectivity index (χ0v) is 27.6. The SMILES string of the molecule is C[C@@H](/C=C/CC(=O)N(CCO)Cc1ccccc1)[C@]1(O)C(=O)N(Cc2cccc(NC(=O)C3CCCNC3)c2)c2ccc(Br)cc21. The van der Waals surface area contributed by atoms with E-state index in [9.17, 15) is 24.6 Å². The zero-order valence-electron chi connectivity index (χ0n) is 26.0. The fraction of sp³-hybridized carbons (Fsp3) is 0.361. The third-order valence-electron chi connectivity index (χ3n) is 8.75. The van der Waals surface area contributed by atoms with Crippen molar-refractivity contribution in [2.24, 2.45) is 11.8 Å². The largest absolute Gasteiger partial charge is 0.395 e. The number of hydrogen-bond acceptors (Lipinski definition) is 6. The van der Waals surface area contributed by atoms with Crippen LogP contribution in [0.3, 0.4) is 0 Å². The van der Waals surface area contributed by atoms with E-state index in [0.29, 0.717) is 30.0 Å². The Balaban J connectivity index is 1.30. The first-order valence-electron chi connectivity index (χ1n) is 15.7. The van der Waals surface area contributed by atoms with Crippen molar-refractivity contribution in [1.29, 1.82) is 0 Å². The summed E-state index contributed by atoms with van der Waals surface area (Å²) in [5, 5.41) is 27.9. The van der Waals surface area contributed by atoms with Crippen molar-refractivity contribution in [3.8, 4) is 0 Å². The van der Waals surface area contributed by atoms with Crippen LogP contribution in [-0.4, -0.2) is 59.1 Å². The van der Waals surface area contributed by atoms with Gasteiger partial charge in [-0.3, -0.25) is 14.4 Å². The van der Waals surface area contributed by atoms with Crippen LogP contribution in [-0.2, 0) is 33.1 Å². The molecule has 1 unspecified atom stereocenters. The predicted molar refractivity (Wildman–Crippen MR) is 182 cm³/mol. The van der Waals surface area contributed by atoms with E-state index in [0.717, 1.165) is 35.0 Å². The molecule has 1 fully saturated rings. The van der Waals surface area contributed by atoms with Gasteiger partial charge in [0.05, 0.1) is 24.8 Å². The molecule has 10 heteroatoms. The van der Waals surface area contributed by atoms with Gasteiger partial charge in [-0.1, -0.05) is 77.5 Å². The minimum Gasteiger partial charge on any atom is -0.395 e. The number of benzene rings is 3. The molecule has 4 N–H and O–H groups in total. The summed E-state index contributed by atoms with van der Waals surface area (Å²) in [6, 6.07) is 22.4. The van der Waals surface area contributed by atoms with Gasteiger partial charge in [-0.15, -0.1) is 0 Å². The van der Waals surface area contributed by atoms with Crippen LogP contribution < -0.4 is 15.5 Å². The van der Waals surface area contributed by atoms with Gasteiger partial charge in [-0.2, -0.15) is 0 Å². The molecule has 3 aromatic carbocycles. The van der Waals surface area contributed by atoms with Crippen LogP contribution in [0.2, 0.25) is 0 Å². The van der Waals surface area contributed by atoms with Gasteiger partial charge in [-0.25, -0.2) is 0 Å². The first kappa shape index (κ1) is 33.5. The van der Waals surface area contributed by atoms with Gasteiger partial charge in [0, 0.05) is 47.7 Å². The summed E-state index contributed by atoms with van der Waals surface area (Å²) < 4.78 is 0.730. The molecule has 2 aliphatic heterocycles. The number of nitrogens with zero attached hydrogens (tertiary/aromatic N) is 2. The van der Waals surface area contributed by atoms with Crippen molar-refractivity contribution < 1.29 is 24.6 Å². The van der Waals surface area contributed by atoms with Crippen molar-refractivity contribution in [3.05, 3.63) is 106 Å². The first-order valence-corrected chi connectivity index (χ1v) is 16.5. The van der Waals surface area contributed by atoms with E-state index in [1.54, 1.807) is 34.9 Å². The van der Waals surface area contributed by atoms with Crippen LogP contribution in [0.15, 0.2) is 89.4 Å². The Morgan fingerprint density at radius 3 is 2.65 bits per heavy atom. The van der Waals surface area contributed by atoms with Crippen LogP contribution in [0.25, 0.3) is 0 Å². The molecule has 0 saturated carbocycles. The van der Waals surface area contributed by atoms with E-state index in [-0.39, 0.29) is 43.8 Å². The molecule has 5 rings (SSSR count). The summed E-state index contributed by atoms with van der Waals surface area (Å²) in [5.41, 5.74) is 1.66. The molecule has 3 amide bonds.